The molecular weight excluding hydrogens is 440 g/mol. The number of anilines is 1. The average Bonchev–Trinajstić information content (AvgIpc) is 2.77. The van der Waals surface area contributed by atoms with E-state index in [2.05, 4.69) is 75.3 Å². The number of hydrogen-bond acceptors (Lipinski definition) is 4. The third-order valence-corrected chi connectivity index (χ3v) is 6.01. The summed E-state index contributed by atoms with van der Waals surface area (Å²) in [6, 6.07) is 22.4. The summed E-state index contributed by atoms with van der Waals surface area (Å²) in [4.78, 5) is 9.41. The van der Waals surface area contributed by atoms with Crippen LogP contribution in [0.2, 0.25) is 5.02 Å². The summed E-state index contributed by atoms with van der Waals surface area (Å²) in [5.41, 5.74) is 9.34. The zero-order valence-electron chi connectivity index (χ0n) is 20.6. The van der Waals surface area contributed by atoms with Crippen LogP contribution < -0.4 is 5.43 Å². The molecule has 0 spiro atoms. The van der Waals surface area contributed by atoms with E-state index < -0.39 is 0 Å². The van der Waals surface area contributed by atoms with Crippen molar-refractivity contribution in [1.82, 2.24) is 9.97 Å². The Labute approximate surface area is 207 Å². The van der Waals surface area contributed by atoms with Crippen LogP contribution in [0, 0.1) is 0 Å². The molecule has 0 aliphatic heterocycles. The van der Waals surface area contributed by atoms with E-state index in [1.54, 1.807) is 0 Å². The molecule has 4 aromatic rings. The quantitative estimate of drug-likeness (QED) is 0.243. The van der Waals surface area contributed by atoms with Gasteiger partial charge in [-0.05, 0) is 57.9 Å². The van der Waals surface area contributed by atoms with Gasteiger partial charge in [0.2, 0.25) is 5.95 Å². The molecule has 0 bridgehead atoms. The summed E-state index contributed by atoms with van der Waals surface area (Å²) in [5, 5.41) is 6.06. The lowest BCUT2D eigenvalue weighted by Crippen LogP contribution is -2.17. The van der Waals surface area contributed by atoms with Gasteiger partial charge in [-0.15, -0.1) is 0 Å². The topological polar surface area (TPSA) is 50.2 Å². The zero-order valence-corrected chi connectivity index (χ0v) is 21.4. The highest BCUT2D eigenvalue weighted by molar-refractivity contribution is 6.31. The van der Waals surface area contributed by atoms with Crippen LogP contribution in [-0.2, 0) is 10.8 Å². The minimum absolute atomic E-state index is 0.0442. The zero-order chi connectivity index (χ0) is 24.5. The van der Waals surface area contributed by atoms with E-state index in [4.69, 9.17) is 16.6 Å². The Morgan fingerprint density at radius 3 is 2.06 bits per heavy atom. The molecule has 4 rings (SSSR count). The fraction of sp³-hybridized carbons (Fsp3) is 0.276. The van der Waals surface area contributed by atoms with Gasteiger partial charge in [0.05, 0.1) is 17.4 Å². The van der Waals surface area contributed by atoms with Gasteiger partial charge >= 0.3 is 0 Å². The second kappa shape index (κ2) is 9.19. The summed E-state index contributed by atoms with van der Waals surface area (Å²) in [7, 11) is 0. The van der Waals surface area contributed by atoms with Crippen molar-refractivity contribution in [3.63, 3.8) is 0 Å². The molecule has 4 nitrogen and oxygen atoms in total. The molecule has 3 aromatic carbocycles. The predicted octanol–water partition coefficient (Wildman–Crippen LogP) is 7.99. The average molecular weight is 471 g/mol. The van der Waals surface area contributed by atoms with Gasteiger partial charge < -0.3 is 0 Å². The number of aromatic nitrogens is 2. The summed E-state index contributed by atoms with van der Waals surface area (Å²) >= 11 is 6.25. The van der Waals surface area contributed by atoms with E-state index in [1.165, 1.54) is 11.1 Å². The number of nitrogens with one attached hydrogen (secondary N) is 1. The summed E-state index contributed by atoms with van der Waals surface area (Å²) < 4.78 is 0. The van der Waals surface area contributed by atoms with Crippen LogP contribution in [0.25, 0.3) is 22.2 Å². The molecule has 174 valence electrons. The van der Waals surface area contributed by atoms with Crippen LogP contribution in [-0.4, -0.2) is 16.2 Å². The van der Waals surface area contributed by atoms with Gasteiger partial charge in [0.1, 0.15) is 0 Å². The number of halogens is 1. The van der Waals surface area contributed by atoms with Crippen molar-refractivity contribution in [2.24, 2.45) is 5.10 Å². The number of nitrogens with zero attached hydrogens (tertiary/aromatic N) is 3. The van der Waals surface area contributed by atoms with Crippen molar-refractivity contribution in [2.75, 3.05) is 5.43 Å². The maximum atomic E-state index is 6.25. The normalized spacial score (nSPS) is 12.4. The third kappa shape index (κ3) is 5.45. The van der Waals surface area contributed by atoms with Crippen molar-refractivity contribution >= 4 is 34.7 Å². The lowest BCUT2D eigenvalue weighted by Gasteiger charge is -2.25. The van der Waals surface area contributed by atoms with E-state index in [1.807, 2.05) is 54.7 Å². The monoisotopic (exact) mass is 470 g/mol. The molecule has 0 saturated carbocycles. The van der Waals surface area contributed by atoms with Gasteiger partial charge in [-0.1, -0.05) is 89.5 Å². The Hall–Kier alpha value is -3.24. The van der Waals surface area contributed by atoms with Gasteiger partial charge in [-0.2, -0.15) is 5.10 Å². The van der Waals surface area contributed by atoms with Crippen LogP contribution in [0.3, 0.4) is 0 Å². The van der Waals surface area contributed by atoms with Gasteiger partial charge in [-0.3, -0.25) is 0 Å². The minimum atomic E-state index is 0.0442. The predicted molar refractivity (Wildman–Crippen MR) is 145 cm³/mol. The molecule has 0 radical (unpaired) electrons. The first-order chi connectivity index (χ1) is 16.0. The molecule has 0 saturated heterocycles. The van der Waals surface area contributed by atoms with Gasteiger partial charge in [0, 0.05) is 16.0 Å². The molecular formula is C29H31ClN4. The van der Waals surface area contributed by atoms with Crippen LogP contribution in [0.15, 0.2) is 71.8 Å². The highest BCUT2D eigenvalue weighted by Crippen LogP contribution is 2.31. The van der Waals surface area contributed by atoms with Crippen molar-refractivity contribution in [3.8, 4) is 11.3 Å². The first-order valence-corrected chi connectivity index (χ1v) is 11.9. The largest absolute Gasteiger partial charge is 0.245 e. The van der Waals surface area contributed by atoms with Gasteiger partial charge in [-0.25, -0.2) is 15.4 Å². The Bertz CT molecular complexity index is 1310. The number of rotatable bonds is 4. The van der Waals surface area contributed by atoms with Crippen molar-refractivity contribution < 1.29 is 0 Å². The van der Waals surface area contributed by atoms with E-state index >= 15 is 0 Å². The van der Waals surface area contributed by atoms with E-state index in [0.717, 1.165) is 27.7 Å². The van der Waals surface area contributed by atoms with Gasteiger partial charge in [0.15, 0.2) is 0 Å². The number of hydrogen-bond donors (Lipinski definition) is 1. The smallest absolute Gasteiger partial charge is 0.244 e. The second-order valence-corrected chi connectivity index (χ2v) is 11.1. The van der Waals surface area contributed by atoms with E-state index in [-0.39, 0.29) is 10.8 Å². The summed E-state index contributed by atoms with van der Waals surface area (Å²) in [6.45, 7) is 13.4. The molecule has 0 atom stereocenters. The summed E-state index contributed by atoms with van der Waals surface area (Å²) in [5.74, 6) is 0.424. The highest BCUT2D eigenvalue weighted by Gasteiger charge is 2.20. The highest BCUT2D eigenvalue weighted by atomic mass is 35.5. The molecule has 34 heavy (non-hydrogen) atoms. The van der Waals surface area contributed by atoms with Crippen molar-refractivity contribution in [1.29, 1.82) is 0 Å². The maximum Gasteiger partial charge on any atom is 0.244 e. The molecule has 0 unspecified atom stereocenters. The lowest BCUT2D eigenvalue weighted by atomic mass is 9.80. The maximum absolute atomic E-state index is 6.25. The minimum Gasteiger partial charge on any atom is -0.245 e. The Kier molecular flexibility index (Phi) is 6.46. The molecule has 0 aliphatic carbocycles. The van der Waals surface area contributed by atoms with Gasteiger partial charge in [0.25, 0.3) is 0 Å². The Balaban J connectivity index is 1.71. The van der Waals surface area contributed by atoms with Crippen molar-refractivity contribution in [2.45, 2.75) is 52.4 Å². The number of hydrazone groups is 1. The van der Waals surface area contributed by atoms with Crippen LogP contribution in [0.5, 0.6) is 0 Å². The second-order valence-electron chi connectivity index (χ2n) is 10.6. The van der Waals surface area contributed by atoms with E-state index in [9.17, 15) is 0 Å². The number of fused-ring (bicyclic) bond motifs is 1. The molecule has 1 aromatic heterocycles. The molecule has 0 aliphatic rings. The fourth-order valence-electron chi connectivity index (χ4n) is 3.73. The molecule has 1 N–H and O–H groups in total. The molecule has 1 heterocycles. The summed E-state index contributed by atoms with van der Waals surface area (Å²) in [6.07, 6.45) is 1.83. The van der Waals surface area contributed by atoms with Crippen LogP contribution in [0.4, 0.5) is 5.95 Å². The van der Waals surface area contributed by atoms with Crippen LogP contribution >= 0.6 is 11.6 Å². The first kappa shape index (κ1) is 23.9. The SMILES string of the molecule is CC(C)(C)c1cc(/C=N/Nc2nc(-c3ccccc3)c3ccc(Cl)cc3n2)cc(C(C)(C)C)c1. The van der Waals surface area contributed by atoms with E-state index in [0.29, 0.717) is 11.0 Å². The van der Waals surface area contributed by atoms with Crippen molar-refractivity contribution in [3.05, 3.63) is 88.4 Å². The fourth-order valence-corrected chi connectivity index (χ4v) is 3.89. The first-order valence-electron chi connectivity index (χ1n) is 11.5. The Morgan fingerprint density at radius 2 is 1.44 bits per heavy atom. The molecule has 0 fully saturated rings. The standard InChI is InChI=1S/C29H31ClN4/c1-28(2,3)21-14-19(15-22(16-21)29(4,5)6)18-31-34-27-32-25-17-23(30)12-13-24(25)26(33-27)20-10-8-7-9-11-20/h7-18H,1-6H3,(H,32,33,34)/b31-18+. The molecule has 0 amide bonds. The Morgan fingerprint density at radius 1 is 0.794 bits per heavy atom. The lowest BCUT2D eigenvalue weighted by molar-refractivity contribution is 0.568. The van der Waals surface area contributed by atoms with Crippen LogP contribution in [0.1, 0.15) is 58.2 Å². The number of benzene rings is 3. The molecule has 5 heteroatoms. The third-order valence-electron chi connectivity index (χ3n) is 5.77.